The van der Waals surface area contributed by atoms with Crippen LogP contribution in [-0.4, -0.2) is 83.7 Å². The van der Waals surface area contributed by atoms with E-state index in [0.29, 0.717) is 65.3 Å². The third-order valence-corrected chi connectivity index (χ3v) is 9.63. The smallest absolute Gasteiger partial charge is 0.332 e. The van der Waals surface area contributed by atoms with E-state index in [2.05, 4.69) is 21.6 Å². The fourth-order valence-corrected chi connectivity index (χ4v) is 6.45. The number of ether oxygens (including phenoxy) is 4. The molecule has 2 aliphatic rings. The number of hydrogen-bond acceptors (Lipinski definition) is 12. The van der Waals surface area contributed by atoms with Crippen molar-refractivity contribution in [3.8, 4) is 23.0 Å². The van der Waals surface area contributed by atoms with Crippen molar-refractivity contribution >= 4 is 46.6 Å². The maximum absolute atomic E-state index is 13.0. The Bertz CT molecular complexity index is 2090. The first kappa shape index (κ1) is 35.6. The van der Waals surface area contributed by atoms with Gasteiger partial charge in [0, 0.05) is 32.3 Å². The number of methoxy groups -OCH3 is 4. The second-order valence-electron chi connectivity index (χ2n) is 13.1. The van der Waals surface area contributed by atoms with Crippen molar-refractivity contribution in [3.05, 3.63) is 82.1 Å². The molecule has 3 aromatic heterocycles. The van der Waals surface area contributed by atoms with Crippen molar-refractivity contribution in [2.24, 2.45) is 0 Å². The number of likely N-dealkylation sites (N-methyl/N-ethyl adjacent to an activating group) is 1. The van der Waals surface area contributed by atoms with Gasteiger partial charge >= 0.3 is 6.03 Å². The molecule has 0 radical (unpaired) electrons. The van der Waals surface area contributed by atoms with Gasteiger partial charge in [-0.15, -0.1) is 10.2 Å². The minimum Gasteiger partial charge on any atom is -0.497 e. The summed E-state index contributed by atoms with van der Waals surface area (Å²) >= 11 is 6.62. The number of anilines is 3. The largest absolute Gasteiger partial charge is 0.497 e. The Morgan fingerprint density at radius 3 is 1.94 bits per heavy atom. The predicted molar refractivity (Wildman–Crippen MR) is 199 cm³/mol. The van der Waals surface area contributed by atoms with Crippen molar-refractivity contribution < 1.29 is 28.5 Å². The number of nitrogens with one attached hydrogen (secondary N) is 1. The molecule has 3 amide bonds. The van der Waals surface area contributed by atoms with Gasteiger partial charge in [0.25, 0.3) is 5.91 Å². The van der Waals surface area contributed by atoms with Crippen LogP contribution in [0.5, 0.6) is 23.0 Å². The molecule has 1 N–H and O–H groups in total. The second-order valence-corrected chi connectivity index (χ2v) is 13.4. The third-order valence-electron chi connectivity index (χ3n) is 9.38. The quantitative estimate of drug-likeness (QED) is 0.136. The highest BCUT2D eigenvalue weighted by molar-refractivity contribution is 6.31. The number of benzene rings is 2. The lowest BCUT2D eigenvalue weighted by Gasteiger charge is -2.24. The van der Waals surface area contributed by atoms with Gasteiger partial charge in [-0.1, -0.05) is 11.6 Å². The average Bonchev–Trinajstić information content (AvgIpc) is 3.88. The van der Waals surface area contributed by atoms with Crippen LogP contribution in [0.1, 0.15) is 54.1 Å². The van der Waals surface area contributed by atoms with Gasteiger partial charge in [0.1, 0.15) is 35.4 Å². The molecular formula is C37H40ClN9O6. The summed E-state index contributed by atoms with van der Waals surface area (Å²) in [5.41, 5.74) is 4.36. The van der Waals surface area contributed by atoms with Gasteiger partial charge < -0.3 is 29.2 Å². The van der Waals surface area contributed by atoms with E-state index in [0.717, 1.165) is 39.9 Å². The number of carbonyl (C=O) groups excluding carboxylic acids is 2. The van der Waals surface area contributed by atoms with E-state index in [1.807, 2.05) is 48.2 Å². The lowest BCUT2D eigenvalue weighted by molar-refractivity contribution is -0.123. The van der Waals surface area contributed by atoms with Crippen LogP contribution in [0.25, 0.3) is 5.52 Å². The summed E-state index contributed by atoms with van der Waals surface area (Å²) in [7, 11) is 7.90. The number of pyridine rings is 1. The molecular weight excluding hydrogens is 702 g/mol. The molecule has 5 aromatic rings. The van der Waals surface area contributed by atoms with Crippen LogP contribution in [-0.2, 0) is 17.9 Å². The molecule has 1 saturated heterocycles. The maximum atomic E-state index is 13.0. The lowest BCUT2D eigenvalue weighted by Crippen LogP contribution is -2.31. The Balaban J connectivity index is 1.22. The van der Waals surface area contributed by atoms with Gasteiger partial charge in [0.2, 0.25) is 5.95 Å². The van der Waals surface area contributed by atoms with Gasteiger partial charge in [-0.3, -0.25) is 14.6 Å². The van der Waals surface area contributed by atoms with E-state index < -0.39 is 6.04 Å². The van der Waals surface area contributed by atoms with Crippen molar-refractivity contribution in [2.75, 3.05) is 57.1 Å². The molecule has 2 fully saturated rings. The van der Waals surface area contributed by atoms with Crippen molar-refractivity contribution in [2.45, 2.75) is 44.8 Å². The predicted octanol–water partition coefficient (Wildman–Crippen LogP) is 5.86. The lowest BCUT2D eigenvalue weighted by atomic mass is 10.1. The number of fused-ring (bicyclic) bond motifs is 1. The first-order valence-corrected chi connectivity index (χ1v) is 17.4. The van der Waals surface area contributed by atoms with Crippen LogP contribution in [0.15, 0.2) is 54.6 Å². The summed E-state index contributed by atoms with van der Waals surface area (Å²) in [5, 5.41) is 17.0. The van der Waals surface area contributed by atoms with Crippen LogP contribution in [0.3, 0.4) is 0 Å². The van der Waals surface area contributed by atoms with Crippen molar-refractivity contribution in [1.29, 1.82) is 0 Å². The van der Waals surface area contributed by atoms with Crippen molar-refractivity contribution in [1.82, 2.24) is 29.7 Å². The molecule has 1 atom stereocenters. The maximum Gasteiger partial charge on any atom is 0.332 e. The molecule has 1 aliphatic heterocycles. The number of amides is 3. The van der Waals surface area contributed by atoms with Crippen LogP contribution in [0, 0.1) is 0 Å². The Kier molecular flexibility index (Phi) is 9.84. The summed E-state index contributed by atoms with van der Waals surface area (Å²) in [6.45, 7) is 2.60. The monoisotopic (exact) mass is 741 g/mol. The van der Waals surface area contributed by atoms with E-state index in [1.54, 1.807) is 45.1 Å². The Hall–Kier alpha value is -5.83. The van der Waals surface area contributed by atoms with Gasteiger partial charge in [0.05, 0.1) is 45.7 Å². The van der Waals surface area contributed by atoms with Gasteiger partial charge in [-0.25, -0.2) is 9.31 Å². The Morgan fingerprint density at radius 1 is 0.849 bits per heavy atom. The van der Waals surface area contributed by atoms with E-state index in [1.165, 1.54) is 11.9 Å². The summed E-state index contributed by atoms with van der Waals surface area (Å²) in [6, 6.07) is 16.5. The first-order valence-electron chi connectivity index (χ1n) is 17.0. The first-order chi connectivity index (χ1) is 25.6. The zero-order valence-corrected chi connectivity index (χ0v) is 31.0. The number of halogens is 1. The average molecular weight is 742 g/mol. The molecule has 53 heavy (non-hydrogen) atoms. The Labute approximate surface area is 311 Å². The van der Waals surface area contributed by atoms with E-state index in [9.17, 15) is 9.59 Å². The van der Waals surface area contributed by atoms with E-state index >= 15 is 0 Å². The summed E-state index contributed by atoms with van der Waals surface area (Å²) in [4.78, 5) is 34.9. The third kappa shape index (κ3) is 7.42. The zero-order chi connectivity index (χ0) is 37.4. The molecule has 0 bridgehead atoms. The zero-order valence-electron chi connectivity index (χ0n) is 30.3. The molecule has 1 aliphatic carbocycles. The fourth-order valence-electron chi connectivity index (χ4n) is 6.32. The standard InChI is InChI=1S/C37H40ClN9O6/c1-21(31-15-26-13-25(24-7-8-24)14-32(47(26)43-31)46-20-33(48)44(2)37(46)49)39-35-34(38)41-42-36(40-35)45(18-22-9-27(50-3)16-28(10-22)51-4)19-23-11-29(52-5)17-30(12-23)53-6/h9-17,21,24H,7-8,18-20H2,1-6H3,(H,39,40,42). The second kappa shape index (κ2) is 14.7. The van der Waals surface area contributed by atoms with Crippen LogP contribution in [0.4, 0.5) is 22.4 Å². The number of rotatable bonds is 14. The molecule has 15 nitrogen and oxygen atoms in total. The van der Waals surface area contributed by atoms with Crippen molar-refractivity contribution in [3.63, 3.8) is 0 Å². The minimum absolute atomic E-state index is 0.0475. The molecule has 7 rings (SSSR count). The molecule has 16 heteroatoms. The van der Waals surface area contributed by atoms with Crippen LogP contribution in [0.2, 0.25) is 5.15 Å². The summed E-state index contributed by atoms with van der Waals surface area (Å²) in [6.07, 6.45) is 2.16. The number of imide groups is 1. The fraction of sp³-hybridized carbons (Fsp3) is 0.351. The SMILES string of the molecule is COc1cc(CN(Cc2cc(OC)cc(OC)c2)c2nnc(Cl)c(NC(C)c3cc4cc(C5CC5)cc(N5CC(=O)N(C)C5=O)n4n3)n2)cc(OC)c1. The normalized spacial score (nSPS) is 14.8. The molecule has 2 aromatic carbocycles. The number of urea groups is 1. The van der Waals surface area contributed by atoms with E-state index in [-0.39, 0.29) is 23.6 Å². The molecule has 276 valence electrons. The molecule has 1 unspecified atom stereocenters. The highest BCUT2D eigenvalue weighted by Gasteiger charge is 2.37. The minimum atomic E-state index is -0.397. The summed E-state index contributed by atoms with van der Waals surface area (Å²) < 4.78 is 23.8. The topological polar surface area (TPSA) is 149 Å². The Morgan fingerprint density at radius 2 is 1.43 bits per heavy atom. The van der Waals surface area contributed by atoms with Gasteiger partial charge in [0.15, 0.2) is 11.0 Å². The number of carbonyl (C=O) groups is 2. The van der Waals surface area contributed by atoms with E-state index in [4.69, 9.17) is 40.6 Å². The van der Waals surface area contributed by atoms with Crippen LogP contribution >= 0.6 is 11.6 Å². The van der Waals surface area contributed by atoms with Gasteiger partial charge in [-0.2, -0.15) is 10.1 Å². The number of nitrogens with zero attached hydrogens (tertiary/aromatic N) is 8. The van der Waals surface area contributed by atoms with Gasteiger partial charge in [-0.05, 0) is 84.8 Å². The number of hydrogen-bond donors (Lipinski definition) is 1. The molecule has 4 heterocycles. The van der Waals surface area contributed by atoms with Crippen LogP contribution < -0.4 is 34.1 Å². The number of aromatic nitrogens is 5. The summed E-state index contributed by atoms with van der Waals surface area (Å²) in [5.74, 6) is 3.87. The molecule has 0 spiro atoms. The molecule has 1 saturated carbocycles. The highest BCUT2D eigenvalue weighted by atomic mass is 35.5. The highest BCUT2D eigenvalue weighted by Crippen LogP contribution is 2.42.